The van der Waals surface area contributed by atoms with Crippen LogP contribution in [0.3, 0.4) is 0 Å². The van der Waals surface area contributed by atoms with Crippen molar-refractivity contribution in [3.05, 3.63) is 11.6 Å². The summed E-state index contributed by atoms with van der Waals surface area (Å²) < 4.78 is 36.4. The van der Waals surface area contributed by atoms with E-state index in [4.69, 9.17) is 40.3 Å². The summed E-state index contributed by atoms with van der Waals surface area (Å²) in [5.74, 6) is -0.285. The van der Waals surface area contributed by atoms with Crippen molar-refractivity contribution in [1.29, 1.82) is 0 Å². The maximum atomic E-state index is 11.1. The fourth-order valence-electron chi connectivity index (χ4n) is 4.75. The van der Waals surface area contributed by atoms with Gasteiger partial charge in [0.1, 0.15) is 24.7 Å². The SMILES string of the molecule is CC1(C)O[C@@H]2[C@H](O1)[C@@H](COCP(=O)(O)O)O[C@H]2n1cnc2c(NC3CCCC3)nc(Cl)nc21. The topological polar surface area (TPSA) is 150 Å². The fraction of sp³-hybridized carbons (Fsp3) is 0.737. The van der Waals surface area contributed by atoms with Crippen molar-refractivity contribution in [1.82, 2.24) is 19.5 Å². The number of anilines is 1. The molecule has 0 aromatic carbocycles. The highest BCUT2D eigenvalue weighted by atomic mass is 35.5. The molecule has 0 amide bonds. The van der Waals surface area contributed by atoms with Gasteiger partial charge in [0.2, 0.25) is 5.28 Å². The highest BCUT2D eigenvalue weighted by molar-refractivity contribution is 7.51. The van der Waals surface area contributed by atoms with Crippen LogP contribution in [-0.4, -0.2) is 72.4 Å². The van der Waals surface area contributed by atoms with E-state index in [1.165, 1.54) is 12.8 Å². The summed E-state index contributed by atoms with van der Waals surface area (Å²) in [4.78, 5) is 31.4. The van der Waals surface area contributed by atoms with Crippen LogP contribution in [-0.2, 0) is 23.5 Å². The second kappa shape index (κ2) is 8.69. The van der Waals surface area contributed by atoms with E-state index in [1.807, 2.05) is 0 Å². The van der Waals surface area contributed by atoms with Crippen molar-refractivity contribution < 1.29 is 33.3 Å². The normalized spacial score (nSPS) is 29.7. The van der Waals surface area contributed by atoms with Crippen molar-refractivity contribution in [3.8, 4) is 0 Å². The predicted octanol–water partition coefficient (Wildman–Crippen LogP) is 2.40. The third-order valence-electron chi connectivity index (χ3n) is 6.03. The molecular formula is C19H27ClN5O7P. The highest BCUT2D eigenvalue weighted by Gasteiger charge is 2.56. The van der Waals surface area contributed by atoms with Crippen molar-refractivity contribution >= 4 is 36.2 Å². The second-order valence-electron chi connectivity index (χ2n) is 9.09. The average molecular weight is 504 g/mol. The number of rotatable bonds is 7. The molecule has 2 aromatic heterocycles. The number of nitrogens with zero attached hydrogens (tertiary/aromatic N) is 4. The molecular weight excluding hydrogens is 477 g/mol. The molecule has 2 saturated heterocycles. The Morgan fingerprint density at radius 1 is 1.27 bits per heavy atom. The van der Waals surface area contributed by atoms with Gasteiger partial charge in [-0.25, -0.2) is 4.98 Å². The first kappa shape index (κ1) is 23.4. The minimum Gasteiger partial charge on any atom is -0.366 e. The highest BCUT2D eigenvalue weighted by Crippen LogP contribution is 2.44. The molecule has 0 unspecified atom stereocenters. The number of aromatic nitrogens is 4. The third kappa shape index (κ3) is 4.89. The summed E-state index contributed by atoms with van der Waals surface area (Å²) in [6.07, 6.45) is 3.09. The number of imidazole rings is 1. The van der Waals surface area contributed by atoms with Gasteiger partial charge in [0.15, 0.2) is 29.0 Å². The van der Waals surface area contributed by atoms with Crippen LogP contribution >= 0.6 is 19.2 Å². The summed E-state index contributed by atoms with van der Waals surface area (Å²) in [6, 6.07) is 0.319. The maximum absolute atomic E-state index is 11.1. The van der Waals surface area contributed by atoms with Crippen molar-refractivity contribution in [2.24, 2.45) is 0 Å². The van der Waals surface area contributed by atoms with Gasteiger partial charge in [-0.1, -0.05) is 12.8 Å². The number of hydrogen-bond donors (Lipinski definition) is 3. The van der Waals surface area contributed by atoms with Crippen LogP contribution in [0, 0.1) is 0 Å². The molecule has 1 saturated carbocycles. The lowest BCUT2D eigenvalue weighted by Crippen LogP contribution is -2.33. The lowest BCUT2D eigenvalue weighted by atomic mass is 10.1. The fourth-order valence-corrected chi connectivity index (χ4v) is 5.25. The first-order valence-electron chi connectivity index (χ1n) is 10.9. The van der Waals surface area contributed by atoms with Crippen molar-refractivity contribution in [2.45, 2.75) is 75.9 Å². The van der Waals surface area contributed by atoms with Crippen molar-refractivity contribution in [2.75, 3.05) is 18.3 Å². The molecule has 0 bridgehead atoms. The summed E-state index contributed by atoms with van der Waals surface area (Å²) in [5, 5.41) is 3.52. The molecule has 1 aliphatic carbocycles. The van der Waals surface area contributed by atoms with Gasteiger partial charge in [-0.15, -0.1) is 0 Å². The van der Waals surface area contributed by atoms with E-state index >= 15 is 0 Å². The Bertz CT molecular complexity index is 1070. The van der Waals surface area contributed by atoms with Crippen LogP contribution in [0.5, 0.6) is 0 Å². The zero-order valence-corrected chi connectivity index (χ0v) is 19.9. The first-order chi connectivity index (χ1) is 15.6. The minimum atomic E-state index is -4.30. The molecule has 4 heterocycles. The van der Waals surface area contributed by atoms with Crippen molar-refractivity contribution in [3.63, 3.8) is 0 Å². The molecule has 2 aliphatic heterocycles. The number of ether oxygens (including phenoxy) is 4. The van der Waals surface area contributed by atoms with E-state index < -0.39 is 44.3 Å². The van der Waals surface area contributed by atoms with E-state index in [0.717, 1.165) is 12.8 Å². The molecule has 3 fully saturated rings. The zero-order valence-electron chi connectivity index (χ0n) is 18.3. The largest absolute Gasteiger partial charge is 0.366 e. The lowest BCUT2D eigenvalue weighted by molar-refractivity contribution is -0.201. The Kier molecular flexibility index (Phi) is 6.16. The summed E-state index contributed by atoms with van der Waals surface area (Å²) >= 11 is 6.25. The van der Waals surface area contributed by atoms with Gasteiger partial charge in [0.05, 0.1) is 12.9 Å². The molecule has 12 nitrogen and oxygen atoms in total. The Hall–Kier alpha value is -1.37. The molecule has 182 valence electrons. The predicted molar refractivity (Wildman–Crippen MR) is 117 cm³/mol. The van der Waals surface area contributed by atoms with Crippen LogP contribution in [0.2, 0.25) is 5.28 Å². The van der Waals surface area contributed by atoms with Gasteiger partial charge in [-0.3, -0.25) is 9.13 Å². The smallest absolute Gasteiger partial charge is 0.350 e. The Morgan fingerprint density at radius 3 is 2.73 bits per heavy atom. The van der Waals surface area contributed by atoms with Crippen LogP contribution < -0.4 is 5.32 Å². The van der Waals surface area contributed by atoms with Gasteiger partial charge in [0, 0.05) is 6.04 Å². The molecule has 3 aliphatic rings. The standard InChI is InChI=1S/C19H27ClN5O7P/c1-19(2)31-13-11(7-29-9-33(26,27)28)30-17(14(13)32-19)25-8-21-12-15(22-10-5-3-4-6-10)23-18(20)24-16(12)25/h8,10-11,13-14,17H,3-7,9H2,1-2H3,(H,22,23,24)(H2,26,27,28)/t11-,13-,14-,17-/m1/s1. The van der Waals surface area contributed by atoms with Gasteiger partial charge in [0.25, 0.3) is 0 Å². The lowest BCUT2D eigenvalue weighted by Gasteiger charge is -2.24. The van der Waals surface area contributed by atoms with E-state index in [1.54, 1.807) is 24.7 Å². The second-order valence-corrected chi connectivity index (χ2v) is 11.0. The molecule has 2 aromatic rings. The quantitative estimate of drug-likeness (QED) is 0.377. The van der Waals surface area contributed by atoms with E-state index in [0.29, 0.717) is 23.0 Å². The van der Waals surface area contributed by atoms with Gasteiger partial charge in [-0.05, 0) is 38.3 Å². The molecule has 4 atom stereocenters. The summed E-state index contributed by atoms with van der Waals surface area (Å²) in [5.41, 5.74) is 1.06. The van der Waals surface area contributed by atoms with E-state index in [9.17, 15) is 4.57 Å². The van der Waals surface area contributed by atoms with E-state index in [2.05, 4.69) is 20.3 Å². The van der Waals surface area contributed by atoms with Crippen LogP contribution in [0.25, 0.3) is 11.2 Å². The number of halogens is 1. The summed E-state index contributed by atoms with van der Waals surface area (Å²) in [6.45, 7) is 3.52. The Morgan fingerprint density at radius 2 is 2.00 bits per heavy atom. The number of fused-ring (bicyclic) bond motifs is 2. The number of hydrogen-bond acceptors (Lipinski definition) is 9. The molecule has 0 radical (unpaired) electrons. The monoisotopic (exact) mass is 503 g/mol. The average Bonchev–Trinajstić information content (AvgIpc) is 3.46. The zero-order chi connectivity index (χ0) is 23.4. The van der Waals surface area contributed by atoms with Gasteiger partial charge >= 0.3 is 7.60 Å². The molecule has 5 rings (SSSR count). The van der Waals surface area contributed by atoms with Crippen LogP contribution in [0.15, 0.2) is 6.33 Å². The molecule has 0 spiro atoms. The van der Waals surface area contributed by atoms with Gasteiger partial charge in [-0.2, -0.15) is 9.97 Å². The van der Waals surface area contributed by atoms with Crippen LogP contribution in [0.1, 0.15) is 45.8 Å². The molecule has 14 heteroatoms. The maximum Gasteiger partial charge on any atom is 0.350 e. The van der Waals surface area contributed by atoms with Gasteiger partial charge < -0.3 is 34.1 Å². The summed E-state index contributed by atoms with van der Waals surface area (Å²) in [7, 11) is -4.30. The number of nitrogens with one attached hydrogen (secondary N) is 1. The van der Waals surface area contributed by atoms with E-state index in [-0.39, 0.29) is 11.9 Å². The first-order valence-corrected chi connectivity index (χ1v) is 13.1. The Labute approximate surface area is 195 Å². The molecule has 33 heavy (non-hydrogen) atoms. The Balaban J connectivity index is 1.43. The third-order valence-corrected chi connectivity index (χ3v) is 6.72. The van der Waals surface area contributed by atoms with Crippen LogP contribution in [0.4, 0.5) is 5.82 Å². The minimum absolute atomic E-state index is 0.0704. The molecule has 3 N–H and O–H groups in total.